The number of nitrogens with zero attached hydrogens (tertiary/aromatic N) is 1. The van der Waals surface area contributed by atoms with Gasteiger partial charge in [0.15, 0.2) is 0 Å². The monoisotopic (exact) mass is 230 g/mol. The minimum absolute atomic E-state index is 0.508. The molecule has 0 unspecified atom stereocenters. The first-order valence-electron chi connectivity index (χ1n) is 4.53. The van der Waals surface area contributed by atoms with Crippen LogP contribution in [0.25, 0.3) is 0 Å². The normalized spacial score (nSPS) is 8.57. The number of pyridine rings is 1. The van der Waals surface area contributed by atoms with Gasteiger partial charge in [-0.25, -0.2) is 4.98 Å². The Bertz CT molecular complexity index is 272. The van der Waals surface area contributed by atoms with Crippen molar-refractivity contribution in [3.8, 4) is 0 Å². The lowest BCUT2D eigenvalue weighted by Gasteiger charge is -2.01. The lowest BCUT2D eigenvalue weighted by atomic mass is 10.2. The van der Waals surface area contributed by atoms with E-state index in [-0.39, 0.29) is 0 Å². The molecule has 1 aromatic heterocycles. The summed E-state index contributed by atoms with van der Waals surface area (Å²) in [4.78, 5) is 4.75. The minimum Gasteiger partial charge on any atom is -0.382 e. The summed E-state index contributed by atoms with van der Waals surface area (Å²) in [6.07, 6.45) is 2.45. The van der Waals surface area contributed by atoms with Crippen molar-refractivity contribution in [1.29, 1.82) is 0 Å². The minimum atomic E-state index is 0.508. The maximum absolute atomic E-state index is 5.62. The van der Waals surface area contributed by atoms with Crippen LogP contribution in [-0.4, -0.2) is 17.0 Å². The van der Waals surface area contributed by atoms with Crippen molar-refractivity contribution < 1.29 is 0 Å². The van der Waals surface area contributed by atoms with Crippen molar-refractivity contribution in [1.82, 2.24) is 10.3 Å². The number of halogens is 1. The van der Waals surface area contributed by atoms with Gasteiger partial charge >= 0.3 is 0 Å². The summed E-state index contributed by atoms with van der Waals surface area (Å²) < 4.78 is 0. The number of thiocarbonyl (C=S) groups is 1. The topological polar surface area (TPSA) is 24.9 Å². The van der Waals surface area contributed by atoms with Crippen LogP contribution in [0.5, 0.6) is 0 Å². The number of aromatic nitrogens is 1. The van der Waals surface area contributed by atoms with Crippen LogP contribution in [0.4, 0.5) is 0 Å². The molecule has 1 aromatic rings. The molecular formula is C10H15ClN2S. The first-order valence-corrected chi connectivity index (χ1v) is 5.32. The molecule has 0 saturated heterocycles. The van der Waals surface area contributed by atoms with E-state index in [1.54, 1.807) is 12.3 Å². The Morgan fingerprint density at radius 2 is 2.14 bits per heavy atom. The van der Waals surface area contributed by atoms with E-state index in [2.05, 4.69) is 10.3 Å². The van der Waals surface area contributed by atoms with E-state index in [0.717, 1.165) is 17.0 Å². The molecule has 78 valence electrons. The summed E-state index contributed by atoms with van der Waals surface area (Å²) in [5, 5.41) is 3.41. The van der Waals surface area contributed by atoms with E-state index < -0.39 is 0 Å². The van der Waals surface area contributed by atoms with E-state index in [4.69, 9.17) is 23.8 Å². The van der Waals surface area contributed by atoms with Gasteiger partial charge in [-0.2, -0.15) is 0 Å². The fraction of sp³-hybridized carbons (Fsp3) is 0.400. The maximum atomic E-state index is 5.62. The summed E-state index contributed by atoms with van der Waals surface area (Å²) in [5.74, 6) is 0. The van der Waals surface area contributed by atoms with Crippen molar-refractivity contribution in [2.75, 3.05) is 7.05 Å². The summed E-state index contributed by atoms with van der Waals surface area (Å²) >= 11 is 10.6. The molecule has 0 radical (unpaired) electrons. The molecule has 14 heavy (non-hydrogen) atoms. The number of nitrogens with one attached hydrogen (secondary N) is 1. The zero-order valence-electron chi connectivity index (χ0n) is 8.67. The van der Waals surface area contributed by atoms with Crippen LogP contribution in [0.1, 0.15) is 19.4 Å². The molecule has 2 nitrogen and oxygen atoms in total. The molecule has 0 atom stereocenters. The van der Waals surface area contributed by atoms with Crippen molar-refractivity contribution in [2.24, 2.45) is 0 Å². The molecule has 0 aliphatic heterocycles. The van der Waals surface area contributed by atoms with Gasteiger partial charge in [0.2, 0.25) is 0 Å². The van der Waals surface area contributed by atoms with E-state index in [1.807, 2.05) is 27.0 Å². The Morgan fingerprint density at radius 3 is 2.57 bits per heavy atom. The molecule has 1 rings (SSSR count). The SMILES string of the molecule is CC.CNC(=S)Cc1ccc(Cl)nc1. The highest BCUT2D eigenvalue weighted by Gasteiger charge is 1.96. The number of hydrogen-bond donors (Lipinski definition) is 1. The summed E-state index contributed by atoms with van der Waals surface area (Å²) in [6, 6.07) is 3.67. The van der Waals surface area contributed by atoms with Crippen LogP contribution >= 0.6 is 23.8 Å². The van der Waals surface area contributed by atoms with Gasteiger partial charge in [0, 0.05) is 19.7 Å². The van der Waals surface area contributed by atoms with E-state index >= 15 is 0 Å². The average molecular weight is 231 g/mol. The second-order valence-electron chi connectivity index (χ2n) is 2.34. The first-order chi connectivity index (χ1) is 6.72. The number of rotatable bonds is 2. The lowest BCUT2D eigenvalue weighted by Crippen LogP contribution is -2.17. The van der Waals surface area contributed by atoms with E-state index in [0.29, 0.717) is 5.15 Å². The second kappa shape index (κ2) is 7.71. The highest BCUT2D eigenvalue weighted by molar-refractivity contribution is 7.80. The molecule has 0 bridgehead atoms. The number of hydrogen-bond acceptors (Lipinski definition) is 2. The van der Waals surface area contributed by atoms with Crippen LogP contribution < -0.4 is 5.32 Å². The van der Waals surface area contributed by atoms with Crippen molar-refractivity contribution >= 4 is 28.8 Å². The van der Waals surface area contributed by atoms with E-state index in [9.17, 15) is 0 Å². The molecule has 0 aliphatic rings. The van der Waals surface area contributed by atoms with Crippen molar-refractivity contribution in [2.45, 2.75) is 20.3 Å². The molecule has 1 N–H and O–H groups in total. The van der Waals surface area contributed by atoms with Crippen molar-refractivity contribution in [3.05, 3.63) is 29.0 Å². The van der Waals surface area contributed by atoms with E-state index in [1.165, 1.54) is 0 Å². The molecular weight excluding hydrogens is 216 g/mol. The van der Waals surface area contributed by atoms with Crippen LogP contribution in [0.3, 0.4) is 0 Å². The summed E-state index contributed by atoms with van der Waals surface area (Å²) in [5.41, 5.74) is 1.07. The van der Waals surface area contributed by atoms with Gasteiger partial charge in [-0.05, 0) is 11.6 Å². The predicted molar refractivity (Wildman–Crippen MR) is 66.0 cm³/mol. The fourth-order valence-corrected chi connectivity index (χ4v) is 1.06. The second-order valence-corrected chi connectivity index (χ2v) is 3.22. The smallest absolute Gasteiger partial charge is 0.129 e. The quantitative estimate of drug-likeness (QED) is 0.625. The third-order valence-electron chi connectivity index (χ3n) is 1.43. The molecule has 0 fully saturated rings. The van der Waals surface area contributed by atoms with Gasteiger partial charge in [0.25, 0.3) is 0 Å². The molecule has 0 saturated carbocycles. The van der Waals surface area contributed by atoms with Crippen LogP contribution in [0.2, 0.25) is 5.15 Å². The molecule has 4 heteroatoms. The largest absolute Gasteiger partial charge is 0.382 e. The van der Waals surface area contributed by atoms with Gasteiger partial charge in [0.05, 0.1) is 4.99 Å². The van der Waals surface area contributed by atoms with Gasteiger partial charge in [-0.3, -0.25) is 0 Å². The number of likely N-dealkylation sites (N-methyl/N-ethyl adjacent to an activating group) is 1. The maximum Gasteiger partial charge on any atom is 0.129 e. The van der Waals surface area contributed by atoms with Crippen LogP contribution in [0, 0.1) is 0 Å². The Kier molecular flexibility index (Phi) is 7.34. The summed E-state index contributed by atoms with van der Waals surface area (Å²) in [7, 11) is 1.81. The van der Waals surface area contributed by atoms with Crippen LogP contribution in [-0.2, 0) is 6.42 Å². The lowest BCUT2D eigenvalue weighted by molar-refractivity contribution is 1.13. The Balaban J connectivity index is 0.000000791. The van der Waals surface area contributed by atoms with Gasteiger partial charge in [0.1, 0.15) is 5.15 Å². The highest BCUT2D eigenvalue weighted by Crippen LogP contribution is 2.05. The fourth-order valence-electron chi connectivity index (χ4n) is 0.785. The molecule has 0 aromatic carbocycles. The highest BCUT2D eigenvalue weighted by atomic mass is 35.5. The van der Waals surface area contributed by atoms with Gasteiger partial charge in [-0.1, -0.05) is 43.7 Å². The molecule has 1 heterocycles. The molecule has 0 aliphatic carbocycles. The average Bonchev–Trinajstić information content (AvgIpc) is 2.24. The molecule has 0 amide bonds. The molecule has 0 spiro atoms. The summed E-state index contributed by atoms with van der Waals surface area (Å²) in [6.45, 7) is 4.00. The van der Waals surface area contributed by atoms with Crippen molar-refractivity contribution in [3.63, 3.8) is 0 Å². The third-order valence-corrected chi connectivity index (χ3v) is 2.00. The first kappa shape index (κ1) is 13.3. The Labute approximate surface area is 95.7 Å². The zero-order valence-corrected chi connectivity index (χ0v) is 10.2. The standard InChI is InChI=1S/C8H9ClN2S.C2H6/c1-10-8(12)4-6-2-3-7(9)11-5-6;1-2/h2-3,5H,4H2,1H3,(H,10,12);1-2H3. The zero-order chi connectivity index (χ0) is 11.0. The van der Waals surface area contributed by atoms with Gasteiger partial charge in [-0.15, -0.1) is 0 Å². The van der Waals surface area contributed by atoms with Gasteiger partial charge < -0.3 is 5.32 Å². The van der Waals surface area contributed by atoms with Crippen LogP contribution in [0.15, 0.2) is 18.3 Å². The predicted octanol–water partition coefficient (Wildman–Crippen LogP) is 2.85. The third kappa shape index (κ3) is 5.14. The Hall–Kier alpha value is -0.670. The Morgan fingerprint density at radius 1 is 1.50 bits per heavy atom.